The van der Waals surface area contributed by atoms with Crippen LogP contribution in [-0.2, 0) is 0 Å². The Morgan fingerprint density at radius 1 is 0.282 bits per heavy atom. The van der Waals surface area contributed by atoms with Gasteiger partial charge in [0, 0.05) is 44.3 Å². The molecule has 0 aliphatic carbocycles. The number of benzene rings is 10. The Bertz CT molecular complexity index is 4100. The van der Waals surface area contributed by atoms with E-state index in [1.165, 1.54) is 21.8 Å². The highest BCUT2D eigenvalue weighted by molar-refractivity contribution is 6.09. The van der Waals surface area contributed by atoms with Crippen molar-refractivity contribution < 1.29 is 8.83 Å². The highest BCUT2D eigenvalue weighted by atomic mass is 16.4. The van der Waals surface area contributed by atoms with Gasteiger partial charge in [0.1, 0.15) is 11.0 Å². The van der Waals surface area contributed by atoms with Crippen LogP contribution in [0.3, 0.4) is 0 Å². The fourth-order valence-electron chi connectivity index (χ4n) is 9.72. The normalized spacial score (nSPS) is 11.7. The second-order valence-corrected chi connectivity index (χ2v) is 17.7. The van der Waals surface area contributed by atoms with Crippen LogP contribution < -0.4 is 0 Å². The van der Waals surface area contributed by atoms with Crippen molar-refractivity contribution in [3.8, 4) is 85.0 Å². The molecule has 0 radical (unpaired) electrons. The van der Waals surface area contributed by atoms with E-state index in [4.69, 9.17) is 33.8 Å². The average molecular weight is 911 g/mol. The summed E-state index contributed by atoms with van der Waals surface area (Å²) in [6, 6.07) is 79.2. The predicted octanol–water partition coefficient (Wildman–Crippen LogP) is 16.1. The molecule has 10 aromatic carbocycles. The van der Waals surface area contributed by atoms with Crippen molar-refractivity contribution in [2.24, 2.45) is 0 Å². The number of aromatic nitrogens is 6. The van der Waals surface area contributed by atoms with E-state index in [0.717, 1.165) is 88.7 Å². The van der Waals surface area contributed by atoms with E-state index >= 15 is 0 Å². The molecule has 0 N–H and O–H groups in total. The summed E-state index contributed by atoms with van der Waals surface area (Å²) in [6.45, 7) is 0. The van der Waals surface area contributed by atoms with Gasteiger partial charge in [-0.15, -0.1) is 0 Å². The third kappa shape index (κ3) is 7.21. The maximum Gasteiger partial charge on any atom is 0.227 e. The van der Waals surface area contributed by atoms with Gasteiger partial charge in [-0.2, -0.15) is 0 Å². The van der Waals surface area contributed by atoms with E-state index in [0.29, 0.717) is 29.3 Å². The summed E-state index contributed by atoms with van der Waals surface area (Å²) in [4.78, 5) is 25.0. The van der Waals surface area contributed by atoms with Crippen molar-refractivity contribution in [1.29, 1.82) is 0 Å². The van der Waals surface area contributed by atoms with E-state index in [-0.39, 0.29) is 0 Å². The third-order valence-electron chi connectivity index (χ3n) is 13.3. The van der Waals surface area contributed by atoms with Crippen molar-refractivity contribution >= 4 is 54.8 Å². The Kier molecular flexibility index (Phi) is 9.35. The van der Waals surface area contributed by atoms with Crippen LogP contribution in [0.4, 0.5) is 0 Å². The van der Waals surface area contributed by atoms with Crippen molar-refractivity contribution in [1.82, 2.24) is 29.5 Å². The summed E-state index contributed by atoms with van der Waals surface area (Å²) in [6.07, 6.45) is 0. The highest BCUT2D eigenvalue weighted by Gasteiger charge is 2.17. The summed E-state index contributed by atoms with van der Waals surface area (Å²) < 4.78 is 14.8. The van der Waals surface area contributed by atoms with Crippen molar-refractivity contribution in [2.75, 3.05) is 0 Å². The predicted molar refractivity (Wildman–Crippen MR) is 285 cm³/mol. The summed E-state index contributed by atoms with van der Waals surface area (Å²) in [5.41, 5.74) is 15.1. The zero-order valence-corrected chi connectivity index (χ0v) is 37.9. The van der Waals surface area contributed by atoms with Gasteiger partial charge in [-0.05, 0) is 112 Å². The molecule has 4 aromatic heterocycles. The molecule has 0 fully saturated rings. The number of rotatable bonds is 8. The Morgan fingerprint density at radius 3 is 1.23 bits per heavy atom. The van der Waals surface area contributed by atoms with E-state index in [9.17, 15) is 0 Å². The van der Waals surface area contributed by atoms with Gasteiger partial charge in [0.2, 0.25) is 11.8 Å². The Balaban J connectivity index is 0.844. The monoisotopic (exact) mass is 910 g/mol. The second kappa shape index (κ2) is 16.5. The van der Waals surface area contributed by atoms with Crippen LogP contribution in [-0.4, -0.2) is 29.5 Å². The fourth-order valence-corrected chi connectivity index (χ4v) is 9.72. The lowest BCUT2D eigenvalue weighted by atomic mass is 10.0. The van der Waals surface area contributed by atoms with E-state index in [1.807, 2.05) is 84.9 Å². The highest BCUT2D eigenvalue weighted by Crippen LogP contribution is 2.36. The van der Waals surface area contributed by atoms with Gasteiger partial charge in [0.25, 0.3) is 0 Å². The molecule has 8 nitrogen and oxygen atoms in total. The number of hydrogen-bond acceptors (Lipinski definition) is 7. The number of nitrogens with zero attached hydrogens (tertiary/aromatic N) is 6. The van der Waals surface area contributed by atoms with Crippen LogP contribution in [0.2, 0.25) is 0 Å². The molecule has 8 heteroatoms. The van der Waals surface area contributed by atoms with Crippen molar-refractivity contribution in [3.05, 3.63) is 231 Å². The van der Waals surface area contributed by atoms with Crippen LogP contribution in [0.5, 0.6) is 0 Å². The van der Waals surface area contributed by atoms with Crippen molar-refractivity contribution in [3.63, 3.8) is 0 Å². The lowest BCUT2D eigenvalue weighted by Crippen LogP contribution is -2.00. The molecule has 0 saturated heterocycles. The minimum atomic E-state index is 0.572. The standard InChI is InChI=1S/C63H38N6O2/c1-3-11-44(12-4-1)62-64-53-33-30-46(37-57(53)70-62)39-19-24-42(25-20-39)59-66-60(43-26-21-40(22-27-43)47-31-34-54-58(38-47)71-63(65-54)45-13-5-2-6-14-45)68-61(67-59)48-28-23-41-29-32-50(36-49(41)35-48)69-55-17-9-7-15-51(55)52-16-8-10-18-56(52)69/h1-38H. The van der Waals surface area contributed by atoms with E-state index in [1.54, 1.807) is 0 Å². The molecule has 0 aliphatic rings. The number of oxazole rings is 2. The summed E-state index contributed by atoms with van der Waals surface area (Å²) in [7, 11) is 0. The Hall–Kier alpha value is -9.79. The van der Waals surface area contributed by atoms with E-state index < -0.39 is 0 Å². The molecule has 0 saturated carbocycles. The molecule has 14 aromatic rings. The SMILES string of the molecule is c1ccc(-c2nc3ccc(-c4ccc(-c5nc(-c6ccc(-c7ccc8nc(-c9ccccc9)oc8c7)cc6)nc(-c6ccc7ccc(-n8c9ccccc9c9ccccc98)cc7c6)n5)cc4)cc3o2)cc1. The molecule has 71 heavy (non-hydrogen) atoms. The minimum Gasteiger partial charge on any atom is -0.436 e. The van der Waals surface area contributed by atoms with Crippen molar-refractivity contribution in [2.45, 2.75) is 0 Å². The average Bonchev–Trinajstić information content (AvgIpc) is 4.17. The van der Waals surface area contributed by atoms with Gasteiger partial charge in [-0.1, -0.05) is 152 Å². The van der Waals surface area contributed by atoms with Crippen LogP contribution in [0.25, 0.3) is 140 Å². The first-order chi connectivity index (χ1) is 35.1. The smallest absolute Gasteiger partial charge is 0.227 e. The maximum absolute atomic E-state index is 6.23. The molecule has 332 valence electrons. The van der Waals surface area contributed by atoms with Gasteiger partial charge >= 0.3 is 0 Å². The van der Waals surface area contributed by atoms with Gasteiger partial charge < -0.3 is 13.4 Å². The molecule has 0 amide bonds. The number of para-hydroxylation sites is 2. The molecular formula is C63H38N6O2. The van der Waals surface area contributed by atoms with Crippen LogP contribution in [0.1, 0.15) is 0 Å². The first-order valence-electron chi connectivity index (χ1n) is 23.5. The zero-order chi connectivity index (χ0) is 46.8. The van der Waals surface area contributed by atoms with Gasteiger partial charge in [-0.25, -0.2) is 24.9 Å². The molecule has 0 bridgehead atoms. The molecule has 14 rings (SSSR count). The second-order valence-electron chi connectivity index (χ2n) is 17.7. The van der Waals surface area contributed by atoms with Crippen LogP contribution >= 0.6 is 0 Å². The summed E-state index contributed by atoms with van der Waals surface area (Å²) >= 11 is 0. The maximum atomic E-state index is 6.23. The van der Waals surface area contributed by atoms with Gasteiger partial charge in [0.05, 0.1) is 11.0 Å². The van der Waals surface area contributed by atoms with Crippen LogP contribution in [0.15, 0.2) is 239 Å². The fraction of sp³-hybridized carbons (Fsp3) is 0. The Labute approximate surface area is 406 Å². The van der Waals surface area contributed by atoms with Crippen LogP contribution in [0, 0.1) is 0 Å². The first kappa shape index (κ1) is 40.3. The molecule has 4 heterocycles. The quantitative estimate of drug-likeness (QED) is 0.150. The molecule has 0 atom stereocenters. The molecule has 0 unspecified atom stereocenters. The summed E-state index contributed by atoms with van der Waals surface area (Å²) in [5, 5.41) is 4.66. The lowest BCUT2D eigenvalue weighted by molar-refractivity contribution is 0.619. The van der Waals surface area contributed by atoms with Gasteiger partial charge in [0.15, 0.2) is 28.6 Å². The third-order valence-corrected chi connectivity index (χ3v) is 13.3. The Morgan fingerprint density at radius 2 is 0.704 bits per heavy atom. The molecule has 0 spiro atoms. The first-order valence-corrected chi connectivity index (χ1v) is 23.5. The van der Waals surface area contributed by atoms with E-state index in [2.05, 4.69) is 150 Å². The lowest BCUT2D eigenvalue weighted by Gasteiger charge is -2.12. The van der Waals surface area contributed by atoms with Gasteiger partial charge in [-0.3, -0.25) is 0 Å². The zero-order valence-electron chi connectivity index (χ0n) is 37.9. The molecule has 0 aliphatic heterocycles. The number of fused-ring (bicyclic) bond motifs is 6. The summed E-state index contributed by atoms with van der Waals surface area (Å²) in [5.74, 6) is 2.93. The molecular weight excluding hydrogens is 873 g/mol. The topological polar surface area (TPSA) is 95.7 Å². The largest absolute Gasteiger partial charge is 0.436 e. The minimum absolute atomic E-state index is 0.572. The number of hydrogen-bond donors (Lipinski definition) is 0.